The van der Waals surface area contributed by atoms with E-state index in [1.54, 1.807) is 0 Å². The van der Waals surface area contributed by atoms with Crippen molar-refractivity contribution in [3.63, 3.8) is 0 Å². The first-order valence-corrected chi connectivity index (χ1v) is 6.26. The van der Waals surface area contributed by atoms with E-state index in [9.17, 15) is 9.59 Å². The summed E-state index contributed by atoms with van der Waals surface area (Å²) in [6.45, 7) is 5.82. The van der Waals surface area contributed by atoms with Gasteiger partial charge in [0.15, 0.2) is 11.2 Å². The van der Waals surface area contributed by atoms with Gasteiger partial charge in [0.1, 0.15) is 0 Å². The molecule has 0 fully saturated rings. The summed E-state index contributed by atoms with van der Waals surface area (Å²) in [5.41, 5.74) is 2.86. The number of aryl methyl sites for hydroxylation is 1. The smallest absolute Gasteiger partial charge is 0.192 e. The van der Waals surface area contributed by atoms with Gasteiger partial charge in [0.2, 0.25) is 0 Å². The van der Waals surface area contributed by atoms with Crippen molar-refractivity contribution in [2.75, 3.05) is 0 Å². The molecule has 98 valence electrons. The van der Waals surface area contributed by atoms with E-state index < -0.39 is 0 Å². The molecule has 3 nitrogen and oxygen atoms in total. The van der Waals surface area contributed by atoms with E-state index in [1.165, 1.54) is 13.0 Å². The summed E-state index contributed by atoms with van der Waals surface area (Å²) >= 11 is 0. The van der Waals surface area contributed by atoms with Crippen molar-refractivity contribution >= 4 is 5.78 Å². The molecule has 0 aliphatic rings. The van der Waals surface area contributed by atoms with Crippen molar-refractivity contribution in [2.45, 2.75) is 27.3 Å². The summed E-state index contributed by atoms with van der Waals surface area (Å²) in [6, 6.07) is 11.5. The van der Waals surface area contributed by atoms with Gasteiger partial charge in [-0.2, -0.15) is 0 Å². The van der Waals surface area contributed by atoms with Crippen LogP contribution in [0, 0.1) is 13.8 Å². The van der Waals surface area contributed by atoms with Gasteiger partial charge in [-0.25, -0.2) is 0 Å². The normalized spacial score (nSPS) is 10.5. The van der Waals surface area contributed by atoms with Crippen LogP contribution in [0.1, 0.15) is 34.2 Å². The number of hydrogen-bond acceptors (Lipinski definition) is 2. The highest BCUT2D eigenvalue weighted by Gasteiger charge is 2.13. The summed E-state index contributed by atoms with van der Waals surface area (Å²) in [4.78, 5) is 23.5. The Labute approximate surface area is 112 Å². The number of benzene rings is 1. The zero-order valence-electron chi connectivity index (χ0n) is 11.4. The number of pyridine rings is 1. The lowest BCUT2D eigenvalue weighted by atomic mass is 10.1. The number of Topliss-reactive ketones (excluding diaryl/α,β-unsaturated/α-hetero) is 1. The largest absolute Gasteiger partial charge is 0.344 e. The van der Waals surface area contributed by atoms with Crippen molar-refractivity contribution in [3.8, 4) is 0 Å². The third kappa shape index (κ3) is 2.65. The van der Waals surface area contributed by atoms with Gasteiger partial charge in [-0.1, -0.05) is 30.3 Å². The quantitative estimate of drug-likeness (QED) is 0.791. The van der Waals surface area contributed by atoms with Crippen molar-refractivity contribution in [1.29, 1.82) is 0 Å². The predicted octanol–water partition coefficient (Wildman–Crippen LogP) is 2.72. The van der Waals surface area contributed by atoms with Gasteiger partial charge in [-0.15, -0.1) is 0 Å². The molecule has 0 saturated heterocycles. The van der Waals surface area contributed by atoms with Crippen molar-refractivity contribution in [3.05, 3.63) is 69.1 Å². The van der Waals surface area contributed by atoms with Crippen LogP contribution in [0.15, 0.2) is 41.2 Å². The SMILES string of the molecule is CC(=O)c1c(C)n(Cc2ccccc2)c(C)cc1=O. The molecule has 0 spiro atoms. The zero-order chi connectivity index (χ0) is 14.0. The molecule has 0 aliphatic heterocycles. The Balaban J connectivity index is 2.55. The molecule has 0 bridgehead atoms. The monoisotopic (exact) mass is 255 g/mol. The number of carbonyl (C=O) groups is 1. The molecule has 1 heterocycles. The molecule has 3 heteroatoms. The zero-order valence-corrected chi connectivity index (χ0v) is 11.4. The van der Waals surface area contributed by atoms with Crippen molar-refractivity contribution in [2.24, 2.45) is 0 Å². The van der Waals surface area contributed by atoms with Gasteiger partial charge >= 0.3 is 0 Å². The molecule has 0 amide bonds. The first kappa shape index (κ1) is 13.3. The molecule has 0 N–H and O–H groups in total. The standard InChI is InChI=1S/C16H17NO2/c1-11-9-15(19)16(13(3)18)12(2)17(11)10-14-7-5-4-6-8-14/h4-9H,10H2,1-3H3. The first-order valence-electron chi connectivity index (χ1n) is 6.26. The van der Waals surface area contributed by atoms with Gasteiger partial charge in [-0.3, -0.25) is 9.59 Å². The van der Waals surface area contributed by atoms with E-state index in [4.69, 9.17) is 0 Å². The Morgan fingerprint density at radius 2 is 1.79 bits per heavy atom. The first-order chi connectivity index (χ1) is 9.00. The van der Waals surface area contributed by atoms with E-state index in [0.717, 1.165) is 17.0 Å². The third-order valence-corrected chi connectivity index (χ3v) is 3.31. The summed E-state index contributed by atoms with van der Waals surface area (Å²) in [5, 5.41) is 0. The summed E-state index contributed by atoms with van der Waals surface area (Å²) in [7, 11) is 0. The Morgan fingerprint density at radius 3 is 2.37 bits per heavy atom. The number of ketones is 1. The van der Waals surface area contributed by atoms with E-state index in [2.05, 4.69) is 0 Å². The lowest BCUT2D eigenvalue weighted by molar-refractivity contribution is 0.101. The Kier molecular flexibility index (Phi) is 3.65. The maximum atomic E-state index is 11.9. The van der Waals surface area contributed by atoms with Crippen LogP contribution in [-0.2, 0) is 6.54 Å². The second kappa shape index (κ2) is 5.22. The second-order valence-electron chi connectivity index (χ2n) is 4.74. The van der Waals surface area contributed by atoms with Crippen LogP contribution in [0.3, 0.4) is 0 Å². The molecule has 0 radical (unpaired) electrons. The average Bonchev–Trinajstić information content (AvgIpc) is 2.35. The maximum absolute atomic E-state index is 11.9. The number of carbonyl (C=O) groups excluding carboxylic acids is 1. The van der Waals surface area contributed by atoms with E-state index in [1.807, 2.05) is 48.7 Å². The topological polar surface area (TPSA) is 39.1 Å². The molecular weight excluding hydrogens is 238 g/mol. The molecule has 0 saturated carbocycles. The summed E-state index contributed by atoms with van der Waals surface area (Å²) in [6.07, 6.45) is 0. The molecule has 0 aliphatic carbocycles. The number of hydrogen-bond donors (Lipinski definition) is 0. The molecule has 1 aromatic heterocycles. The fourth-order valence-corrected chi connectivity index (χ4v) is 2.36. The van der Waals surface area contributed by atoms with Gasteiger partial charge in [0.25, 0.3) is 0 Å². The van der Waals surface area contributed by atoms with Crippen LogP contribution in [-0.4, -0.2) is 10.4 Å². The molecule has 0 unspecified atom stereocenters. The third-order valence-electron chi connectivity index (χ3n) is 3.31. The fourth-order valence-electron chi connectivity index (χ4n) is 2.36. The summed E-state index contributed by atoms with van der Waals surface area (Å²) < 4.78 is 2.01. The molecule has 2 rings (SSSR count). The highest BCUT2D eigenvalue weighted by atomic mass is 16.1. The molecule has 2 aromatic rings. The Bertz CT molecular complexity index is 669. The van der Waals surface area contributed by atoms with Crippen LogP contribution in [0.5, 0.6) is 0 Å². The van der Waals surface area contributed by atoms with Crippen LogP contribution in [0.2, 0.25) is 0 Å². The van der Waals surface area contributed by atoms with Gasteiger partial charge in [0, 0.05) is 24.0 Å². The number of nitrogens with zero attached hydrogens (tertiary/aromatic N) is 1. The van der Waals surface area contributed by atoms with E-state index >= 15 is 0 Å². The molecule has 1 aromatic carbocycles. The van der Waals surface area contributed by atoms with Crippen molar-refractivity contribution in [1.82, 2.24) is 4.57 Å². The number of rotatable bonds is 3. The van der Waals surface area contributed by atoms with E-state index in [-0.39, 0.29) is 11.2 Å². The highest BCUT2D eigenvalue weighted by Crippen LogP contribution is 2.11. The second-order valence-corrected chi connectivity index (χ2v) is 4.74. The van der Waals surface area contributed by atoms with Crippen LogP contribution in [0.4, 0.5) is 0 Å². The van der Waals surface area contributed by atoms with Crippen LogP contribution >= 0.6 is 0 Å². The minimum Gasteiger partial charge on any atom is -0.344 e. The lowest BCUT2D eigenvalue weighted by Gasteiger charge is -2.16. The van der Waals surface area contributed by atoms with Crippen LogP contribution in [0.25, 0.3) is 0 Å². The number of aromatic nitrogens is 1. The lowest BCUT2D eigenvalue weighted by Crippen LogP contribution is -2.22. The maximum Gasteiger partial charge on any atom is 0.192 e. The predicted molar refractivity (Wildman–Crippen MR) is 75.7 cm³/mol. The van der Waals surface area contributed by atoms with Gasteiger partial charge < -0.3 is 4.57 Å². The van der Waals surface area contributed by atoms with E-state index in [0.29, 0.717) is 12.1 Å². The highest BCUT2D eigenvalue weighted by molar-refractivity contribution is 5.95. The molecular formula is C16H17NO2. The van der Waals surface area contributed by atoms with Gasteiger partial charge in [0.05, 0.1) is 5.56 Å². The Morgan fingerprint density at radius 1 is 1.16 bits per heavy atom. The average molecular weight is 255 g/mol. The molecule has 0 atom stereocenters. The summed E-state index contributed by atoms with van der Waals surface area (Å²) in [5.74, 6) is -0.177. The van der Waals surface area contributed by atoms with Crippen molar-refractivity contribution < 1.29 is 4.79 Å². The fraction of sp³-hybridized carbons (Fsp3) is 0.250. The minimum atomic E-state index is -0.188. The van der Waals surface area contributed by atoms with Gasteiger partial charge in [-0.05, 0) is 26.3 Å². The Hall–Kier alpha value is -2.16. The minimum absolute atomic E-state index is 0.177. The molecule has 19 heavy (non-hydrogen) atoms. The van der Waals surface area contributed by atoms with Crippen LogP contribution < -0.4 is 5.43 Å².